The van der Waals surface area contributed by atoms with Crippen molar-refractivity contribution in [3.05, 3.63) is 0 Å². The van der Waals surface area contributed by atoms with Crippen molar-refractivity contribution in [1.82, 2.24) is 15.1 Å². The van der Waals surface area contributed by atoms with Crippen LogP contribution in [-0.4, -0.2) is 61.7 Å². The van der Waals surface area contributed by atoms with E-state index in [1.54, 1.807) is 0 Å². The molecule has 3 rings (SSSR count). The molecule has 0 saturated carbocycles. The number of piperidine rings is 1. The second-order valence-corrected chi connectivity index (χ2v) is 7.95. The fraction of sp³-hybridized carbons (Fsp3) is 1.00. The van der Waals surface area contributed by atoms with Crippen molar-refractivity contribution in [2.75, 3.05) is 45.8 Å². The minimum Gasteiger partial charge on any atom is -0.316 e. The van der Waals surface area contributed by atoms with Crippen molar-refractivity contribution in [3.8, 4) is 0 Å². The van der Waals surface area contributed by atoms with Gasteiger partial charge in [-0.3, -0.25) is 4.90 Å². The van der Waals surface area contributed by atoms with Gasteiger partial charge in [-0.15, -0.1) is 0 Å². The van der Waals surface area contributed by atoms with Crippen LogP contribution in [0.1, 0.15) is 46.0 Å². The molecule has 0 aromatic rings. The molecule has 0 bridgehead atoms. The second kappa shape index (κ2) is 6.33. The van der Waals surface area contributed by atoms with Crippen molar-refractivity contribution in [3.63, 3.8) is 0 Å². The summed E-state index contributed by atoms with van der Waals surface area (Å²) in [5.74, 6) is 0.860. The average molecular weight is 279 g/mol. The molecule has 2 unspecified atom stereocenters. The smallest absolute Gasteiger partial charge is 0.0223 e. The molecule has 1 N–H and O–H groups in total. The molecule has 0 spiro atoms. The summed E-state index contributed by atoms with van der Waals surface area (Å²) in [6, 6.07) is 0.859. The van der Waals surface area contributed by atoms with Gasteiger partial charge in [0.1, 0.15) is 0 Å². The van der Waals surface area contributed by atoms with Crippen molar-refractivity contribution >= 4 is 0 Å². The lowest BCUT2D eigenvalue weighted by atomic mass is 9.74. The maximum absolute atomic E-state index is 3.60. The quantitative estimate of drug-likeness (QED) is 0.854. The molecule has 3 heteroatoms. The predicted octanol–water partition coefficient (Wildman–Crippen LogP) is 2.18. The fourth-order valence-corrected chi connectivity index (χ4v) is 4.65. The number of hydrogen-bond donors (Lipinski definition) is 1. The van der Waals surface area contributed by atoms with Crippen LogP contribution in [0.5, 0.6) is 0 Å². The molecule has 116 valence electrons. The molecule has 3 fully saturated rings. The predicted molar refractivity (Wildman–Crippen MR) is 85.0 cm³/mol. The molecule has 0 aromatic carbocycles. The topological polar surface area (TPSA) is 18.5 Å². The lowest BCUT2D eigenvalue weighted by molar-refractivity contribution is 0.0953. The Kier molecular flexibility index (Phi) is 4.68. The van der Waals surface area contributed by atoms with Crippen LogP contribution in [0.25, 0.3) is 0 Å². The Labute approximate surface area is 125 Å². The number of fused-ring (bicyclic) bond motifs is 1. The second-order valence-electron chi connectivity index (χ2n) is 7.95. The zero-order chi connectivity index (χ0) is 14.0. The SMILES string of the molecule is CC(C)(CN1CCCN2CCCC2C1)C1CCCNC1. The van der Waals surface area contributed by atoms with Crippen molar-refractivity contribution in [1.29, 1.82) is 0 Å². The van der Waals surface area contributed by atoms with Crippen LogP contribution in [0.2, 0.25) is 0 Å². The van der Waals surface area contributed by atoms with E-state index in [4.69, 9.17) is 0 Å². The van der Waals surface area contributed by atoms with Gasteiger partial charge in [-0.2, -0.15) is 0 Å². The molecular weight excluding hydrogens is 246 g/mol. The molecule has 3 heterocycles. The van der Waals surface area contributed by atoms with E-state index in [-0.39, 0.29) is 0 Å². The number of rotatable bonds is 3. The van der Waals surface area contributed by atoms with Gasteiger partial charge < -0.3 is 10.2 Å². The third-order valence-electron chi connectivity index (χ3n) is 5.92. The summed E-state index contributed by atoms with van der Waals surface area (Å²) in [6.07, 6.45) is 7.01. The summed E-state index contributed by atoms with van der Waals surface area (Å²) in [5.41, 5.74) is 0.460. The largest absolute Gasteiger partial charge is 0.316 e. The van der Waals surface area contributed by atoms with E-state index in [0.717, 1.165) is 12.0 Å². The third kappa shape index (κ3) is 3.37. The molecule has 3 saturated heterocycles. The van der Waals surface area contributed by atoms with Crippen LogP contribution >= 0.6 is 0 Å². The van der Waals surface area contributed by atoms with Gasteiger partial charge in [0, 0.05) is 19.1 Å². The number of nitrogens with zero attached hydrogens (tertiary/aromatic N) is 2. The fourth-order valence-electron chi connectivity index (χ4n) is 4.65. The highest BCUT2D eigenvalue weighted by molar-refractivity contribution is 4.89. The molecular formula is C17H33N3. The highest BCUT2D eigenvalue weighted by Crippen LogP contribution is 2.33. The molecule has 0 aromatic heterocycles. The summed E-state index contributed by atoms with van der Waals surface area (Å²) in [7, 11) is 0. The maximum Gasteiger partial charge on any atom is 0.0223 e. The maximum atomic E-state index is 3.60. The van der Waals surface area contributed by atoms with Crippen molar-refractivity contribution in [2.45, 2.75) is 52.0 Å². The van der Waals surface area contributed by atoms with E-state index in [9.17, 15) is 0 Å². The average Bonchev–Trinajstić information content (AvgIpc) is 2.79. The minimum absolute atomic E-state index is 0.460. The van der Waals surface area contributed by atoms with Gasteiger partial charge in [0.2, 0.25) is 0 Å². The normalized spacial score (nSPS) is 33.9. The lowest BCUT2D eigenvalue weighted by Gasteiger charge is -2.41. The highest BCUT2D eigenvalue weighted by Gasteiger charge is 2.35. The third-order valence-corrected chi connectivity index (χ3v) is 5.92. The monoisotopic (exact) mass is 279 g/mol. The van der Waals surface area contributed by atoms with Crippen molar-refractivity contribution < 1.29 is 0 Å². The molecule has 20 heavy (non-hydrogen) atoms. The molecule has 0 aliphatic carbocycles. The van der Waals surface area contributed by atoms with Crippen LogP contribution in [-0.2, 0) is 0 Å². The Balaban J connectivity index is 1.57. The van der Waals surface area contributed by atoms with Crippen LogP contribution in [0.3, 0.4) is 0 Å². The molecule has 0 amide bonds. The molecule has 3 aliphatic rings. The van der Waals surface area contributed by atoms with Gasteiger partial charge in [-0.25, -0.2) is 0 Å². The van der Waals surface area contributed by atoms with Crippen LogP contribution < -0.4 is 5.32 Å². The summed E-state index contributed by atoms with van der Waals surface area (Å²) in [4.78, 5) is 5.53. The van der Waals surface area contributed by atoms with E-state index < -0.39 is 0 Å². The molecule has 3 aliphatic heterocycles. The Morgan fingerprint density at radius 3 is 2.70 bits per heavy atom. The Morgan fingerprint density at radius 1 is 1.05 bits per heavy atom. The van der Waals surface area contributed by atoms with Crippen LogP contribution in [0.15, 0.2) is 0 Å². The van der Waals surface area contributed by atoms with Crippen LogP contribution in [0.4, 0.5) is 0 Å². The van der Waals surface area contributed by atoms with Gasteiger partial charge in [0.15, 0.2) is 0 Å². The standard InChI is InChI=1S/C17H33N3/c1-17(2,15-6-3-8-18-12-15)14-19-9-5-11-20-10-4-7-16(20)13-19/h15-16,18H,3-14H2,1-2H3. The number of nitrogens with one attached hydrogen (secondary N) is 1. The molecule has 3 nitrogen and oxygen atoms in total. The summed E-state index contributed by atoms with van der Waals surface area (Å²) < 4.78 is 0. The van der Waals surface area contributed by atoms with Gasteiger partial charge in [-0.05, 0) is 76.2 Å². The number of hydrogen-bond acceptors (Lipinski definition) is 3. The first-order chi connectivity index (χ1) is 9.65. The van der Waals surface area contributed by atoms with E-state index >= 15 is 0 Å². The first kappa shape index (κ1) is 14.8. The van der Waals surface area contributed by atoms with Gasteiger partial charge in [0.05, 0.1) is 0 Å². The van der Waals surface area contributed by atoms with E-state index in [0.29, 0.717) is 5.41 Å². The summed E-state index contributed by atoms with van der Waals surface area (Å²) in [6.45, 7) is 14.1. The van der Waals surface area contributed by atoms with E-state index in [1.165, 1.54) is 77.9 Å². The first-order valence-corrected chi connectivity index (χ1v) is 8.82. The zero-order valence-electron chi connectivity index (χ0n) is 13.5. The summed E-state index contributed by atoms with van der Waals surface area (Å²) >= 11 is 0. The Morgan fingerprint density at radius 2 is 1.90 bits per heavy atom. The molecule has 2 atom stereocenters. The first-order valence-electron chi connectivity index (χ1n) is 8.82. The minimum atomic E-state index is 0.460. The van der Waals surface area contributed by atoms with E-state index in [2.05, 4.69) is 29.0 Å². The van der Waals surface area contributed by atoms with Gasteiger partial charge in [-0.1, -0.05) is 13.8 Å². The zero-order valence-corrected chi connectivity index (χ0v) is 13.5. The van der Waals surface area contributed by atoms with Gasteiger partial charge >= 0.3 is 0 Å². The Bertz CT molecular complexity index is 309. The Hall–Kier alpha value is -0.120. The van der Waals surface area contributed by atoms with Gasteiger partial charge in [0.25, 0.3) is 0 Å². The van der Waals surface area contributed by atoms with E-state index in [1.807, 2.05) is 0 Å². The van der Waals surface area contributed by atoms with Crippen molar-refractivity contribution in [2.24, 2.45) is 11.3 Å². The summed E-state index contributed by atoms with van der Waals surface area (Å²) in [5, 5.41) is 3.60. The van der Waals surface area contributed by atoms with Crippen LogP contribution in [0, 0.1) is 11.3 Å². The highest BCUT2D eigenvalue weighted by atomic mass is 15.3. The lowest BCUT2D eigenvalue weighted by Crippen LogP contribution is -2.46. The molecule has 0 radical (unpaired) electrons.